The summed E-state index contributed by atoms with van der Waals surface area (Å²) in [5.41, 5.74) is 7.85. The molecule has 0 atom stereocenters. The molecule has 3 N–H and O–H groups in total. The van der Waals surface area contributed by atoms with Gasteiger partial charge in [0.15, 0.2) is 0 Å². The topological polar surface area (TPSA) is 94.0 Å². The van der Waals surface area contributed by atoms with Crippen molar-refractivity contribution in [3.63, 3.8) is 0 Å². The minimum atomic E-state index is -1.17. The summed E-state index contributed by atoms with van der Waals surface area (Å²) in [6.45, 7) is 1.80. The number of hydrogen-bond acceptors (Lipinski definition) is 4. The van der Waals surface area contributed by atoms with Gasteiger partial charge in [-0.1, -0.05) is 6.07 Å². The summed E-state index contributed by atoms with van der Waals surface area (Å²) in [6.07, 6.45) is 1.77. The van der Waals surface area contributed by atoms with E-state index in [1.807, 2.05) is 18.2 Å². The Bertz CT molecular complexity index is 973. The number of fused-ring (bicyclic) bond motifs is 1. The molecule has 0 unspecified atom stereocenters. The summed E-state index contributed by atoms with van der Waals surface area (Å²) < 4.78 is 7.16. The number of aromatic nitrogens is 1. The summed E-state index contributed by atoms with van der Waals surface area (Å²) in [7, 11) is 1.55. The van der Waals surface area contributed by atoms with E-state index in [0.717, 1.165) is 5.52 Å². The van der Waals surface area contributed by atoms with Gasteiger partial charge in [-0.25, -0.2) is 4.79 Å². The van der Waals surface area contributed by atoms with Crippen LogP contribution < -0.4 is 10.5 Å². The second-order valence-corrected chi connectivity index (χ2v) is 5.40. The van der Waals surface area contributed by atoms with Crippen LogP contribution in [0.25, 0.3) is 5.52 Å². The van der Waals surface area contributed by atoms with Crippen LogP contribution in [0.2, 0.25) is 0 Å². The molecule has 0 spiro atoms. The van der Waals surface area contributed by atoms with Crippen molar-refractivity contribution in [3.05, 3.63) is 65.0 Å². The second kappa shape index (κ2) is 5.73. The van der Waals surface area contributed by atoms with Crippen molar-refractivity contribution in [2.24, 2.45) is 0 Å². The number of rotatable bonds is 4. The molecule has 0 amide bonds. The van der Waals surface area contributed by atoms with Crippen LogP contribution in [0, 0.1) is 6.92 Å². The molecule has 3 aromatic rings. The smallest absolute Gasteiger partial charge is 0.337 e. The lowest BCUT2D eigenvalue weighted by Crippen LogP contribution is -2.10. The molecule has 24 heavy (non-hydrogen) atoms. The first kappa shape index (κ1) is 15.6. The molecule has 2 heterocycles. The van der Waals surface area contributed by atoms with Crippen molar-refractivity contribution < 1.29 is 19.4 Å². The van der Waals surface area contributed by atoms with Gasteiger partial charge in [-0.3, -0.25) is 4.79 Å². The van der Waals surface area contributed by atoms with Gasteiger partial charge in [0, 0.05) is 23.0 Å². The zero-order valence-electron chi connectivity index (χ0n) is 13.2. The lowest BCUT2D eigenvalue weighted by molar-refractivity contribution is 0.0698. The third-order valence-electron chi connectivity index (χ3n) is 3.99. The maximum absolute atomic E-state index is 13.0. The second-order valence-electron chi connectivity index (χ2n) is 5.40. The Morgan fingerprint density at radius 3 is 2.62 bits per heavy atom. The van der Waals surface area contributed by atoms with Gasteiger partial charge in [-0.05, 0) is 37.3 Å². The van der Waals surface area contributed by atoms with Crippen molar-refractivity contribution in [1.82, 2.24) is 4.40 Å². The van der Waals surface area contributed by atoms with Gasteiger partial charge in [-0.2, -0.15) is 0 Å². The van der Waals surface area contributed by atoms with Crippen LogP contribution in [-0.4, -0.2) is 28.4 Å². The Morgan fingerprint density at radius 2 is 1.96 bits per heavy atom. The predicted octanol–water partition coefficient (Wildman–Crippen LogP) is 2.77. The number of aromatic carboxylic acids is 1. The molecule has 0 saturated carbocycles. The number of pyridine rings is 1. The fourth-order valence-electron chi connectivity index (χ4n) is 2.86. The largest absolute Gasteiger partial charge is 0.494 e. The van der Waals surface area contributed by atoms with E-state index in [4.69, 9.17) is 10.5 Å². The van der Waals surface area contributed by atoms with Gasteiger partial charge in [0.25, 0.3) is 0 Å². The first-order valence-corrected chi connectivity index (χ1v) is 7.27. The summed E-state index contributed by atoms with van der Waals surface area (Å²) in [4.78, 5) is 24.2. The van der Waals surface area contributed by atoms with Crippen molar-refractivity contribution in [2.45, 2.75) is 6.92 Å². The first-order valence-electron chi connectivity index (χ1n) is 7.27. The summed E-state index contributed by atoms with van der Waals surface area (Å²) >= 11 is 0. The van der Waals surface area contributed by atoms with Gasteiger partial charge in [0.05, 0.1) is 18.2 Å². The molecular formula is C18H16N2O4. The van der Waals surface area contributed by atoms with Gasteiger partial charge < -0.3 is 20.0 Å². The molecule has 2 aromatic heterocycles. The normalized spacial score (nSPS) is 10.8. The fourth-order valence-corrected chi connectivity index (χ4v) is 2.86. The molecule has 6 heteroatoms. The van der Waals surface area contributed by atoms with Crippen LogP contribution in [0.3, 0.4) is 0 Å². The van der Waals surface area contributed by atoms with Crippen LogP contribution in [0.4, 0.5) is 5.69 Å². The quantitative estimate of drug-likeness (QED) is 0.568. The average molecular weight is 324 g/mol. The van der Waals surface area contributed by atoms with Crippen molar-refractivity contribution >= 4 is 23.0 Å². The van der Waals surface area contributed by atoms with E-state index >= 15 is 0 Å². The monoisotopic (exact) mass is 324 g/mol. The molecule has 0 aliphatic heterocycles. The summed E-state index contributed by atoms with van der Waals surface area (Å²) in [5.74, 6) is -0.844. The van der Waals surface area contributed by atoms with Crippen molar-refractivity contribution in [1.29, 1.82) is 0 Å². The van der Waals surface area contributed by atoms with Gasteiger partial charge in [0.1, 0.15) is 11.4 Å². The van der Waals surface area contributed by atoms with E-state index in [0.29, 0.717) is 17.0 Å². The van der Waals surface area contributed by atoms with Crippen LogP contribution in [0.1, 0.15) is 32.0 Å². The Hall–Kier alpha value is -3.28. The molecule has 122 valence electrons. The number of anilines is 1. The van der Waals surface area contributed by atoms with Crippen LogP contribution >= 0.6 is 0 Å². The predicted molar refractivity (Wildman–Crippen MR) is 89.9 cm³/mol. The molecule has 0 aliphatic rings. The Morgan fingerprint density at radius 1 is 1.21 bits per heavy atom. The van der Waals surface area contributed by atoms with Crippen molar-refractivity contribution in [3.8, 4) is 5.75 Å². The molecule has 0 fully saturated rings. The maximum atomic E-state index is 13.0. The number of carbonyl (C=O) groups excluding carboxylic acids is 1. The fraction of sp³-hybridized carbons (Fsp3) is 0.111. The molecule has 6 nitrogen and oxygen atoms in total. The summed E-state index contributed by atoms with van der Waals surface area (Å²) in [6, 6.07) is 9.78. The number of nitrogens with two attached hydrogens (primary N) is 1. The van der Waals surface area contributed by atoms with Crippen LogP contribution in [0.15, 0.2) is 42.6 Å². The van der Waals surface area contributed by atoms with E-state index in [2.05, 4.69) is 0 Å². The lowest BCUT2D eigenvalue weighted by atomic mass is 10.0. The molecule has 0 bridgehead atoms. The number of carboxylic acid groups (broad SMARTS) is 1. The number of carboxylic acids is 1. The standard InChI is InChI=1S/C18H16N2O4/c1-10-15(20-8-4-3-5-14(20)17(10)24-2)16(21)11-6-7-13(19)12(9-11)18(22)23/h3-9H,19H2,1-2H3,(H,22,23). The minimum Gasteiger partial charge on any atom is -0.494 e. The third kappa shape index (κ3) is 2.28. The number of methoxy groups -OCH3 is 1. The number of hydrogen-bond donors (Lipinski definition) is 2. The molecule has 0 aliphatic carbocycles. The highest BCUT2D eigenvalue weighted by Crippen LogP contribution is 2.32. The molecule has 1 aromatic carbocycles. The molecule has 3 rings (SSSR count). The minimum absolute atomic E-state index is 0.0914. The molecule has 0 saturated heterocycles. The maximum Gasteiger partial charge on any atom is 0.337 e. The van der Waals surface area contributed by atoms with Crippen LogP contribution in [0.5, 0.6) is 5.75 Å². The van der Waals surface area contributed by atoms with E-state index in [1.165, 1.54) is 18.2 Å². The van der Waals surface area contributed by atoms with E-state index < -0.39 is 5.97 Å². The number of ketones is 1. The SMILES string of the molecule is COc1c(C)c(C(=O)c2ccc(N)c(C(=O)O)c2)n2ccccc12. The summed E-state index contributed by atoms with van der Waals surface area (Å²) in [5, 5.41) is 9.19. The van der Waals surface area contributed by atoms with Gasteiger partial charge >= 0.3 is 5.97 Å². The first-order chi connectivity index (χ1) is 11.5. The van der Waals surface area contributed by atoms with Gasteiger partial charge in [-0.15, -0.1) is 0 Å². The Labute approximate surface area is 138 Å². The van der Waals surface area contributed by atoms with E-state index in [1.54, 1.807) is 24.6 Å². The average Bonchev–Trinajstić information content (AvgIpc) is 2.85. The highest BCUT2D eigenvalue weighted by Gasteiger charge is 2.23. The number of nitrogens with zero attached hydrogens (tertiary/aromatic N) is 1. The Balaban J connectivity index is 2.22. The molecule has 0 radical (unpaired) electrons. The molecular weight excluding hydrogens is 308 g/mol. The van der Waals surface area contributed by atoms with E-state index in [-0.39, 0.29) is 22.6 Å². The van der Waals surface area contributed by atoms with Gasteiger partial charge in [0.2, 0.25) is 5.78 Å². The van der Waals surface area contributed by atoms with Crippen molar-refractivity contribution in [2.75, 3.05) is 12.8 Å². The third-order valence-corrected chi connectivity index (χ3v) is 3.99. The highest BCUT2D eigenvalue weighted by molar-refractivity contribution is 6.11. The number of nitrogen functional groups attached to an aromatic ring is 1. The highest BCUT2D eigenvalue weighted by atomic mass is 16.5. The number of ether oxygens (including phenoxy) is 1. The zero-order chi connectivity index (χ0) is 17.4. The van der Waals surface area contributed by atoms with Crippen LogP contribution in [-0.2, 0) is 0 Å². The van der Waals surface area contributed by atoms with E-state index in [9.17, 15) is 14.7 Å². The lowest BCUT2D eigenvalue weighted by Gasteiger charge is -2.06. The Kier molecular flexibility index (Phi) is 3.73. The zero-order valence-corrected chi connectivity index (χ0v) is 13.2. The number of carbonyl (C=O) groups is 2. The number of benzene rings is 1.